The number of rotatable bonds is 6. The van der Waals surface area contributed by atoms with E-state index >= 15 is 0 Å². The Morgan fingerprint density at radius 2 is 0.857 bits per heavy atom. The molecule has 0 radical (unpaired) electrons. The number of aromatic nitrogens is 3. The van der Waals surface area contributed by atoms with Gasteiger partial charge in [0.1, 0.15) is 0 Å². The van der Waals surface area contributed by atoms with Gasteiger partial charge in [-0.25, -0.2) is 23.4 Å². The molecular weight excluding hydrogens is 707 g/mol. The standard InChI is InChI=1S/C50H33N3O2S/c54-56(55)45-30-11-9-28-43(45)50(39-23-5-2-6-24-39,44-29-10-12-31-46(44)56)40-25-14-21-37(33-40)36-20-13-22-38(32-36)48-51-47(35-17-3-1-4-18-35)52-49(53-48)42-27-15-19-34-16-7-8-26-41(34)42/h1-33H. The molecule has 10 rings (SSSR count). The van der Waals surface area contributed by atoms with Crippen molar-refractivity contribution in [3.05, 3.63) is 222 Å². The molecule has 0 aliphatic carbocycles. The van der Waals surface area contributed by atoms with Crippen molar-refractivity contribution >= 4 is 20.6 Å². The van der Waals surface area contributed by atoms with Gasteiger partial charge < -0.3 is 0 Å². The second kappa shape index (κ2) is 13.4. The monoisotopic (exact) mass is 739 g/mol. The average molecular weight is 740 g/mol. The van der Waals surface area contributed by atoms with Crippen LogP contribution in [0.4, 0.5) is 0 Å². The SMILES string of the molecule is O=S1(=O)c2ccccc2C(c2ccccc2)(c2cccc(-c3cccc(-c4nc(-c5ccccc5)nc(-c5cccc6ccccc56)n4)c3)c2)c2ccccc21. The first-order valence-electron chi connectivity index (χ1n) is 18.5. The molecule has 0 spiro atoms. The Hall–Kier alpha value is -7.02. The van der Waals surface area contributed by atoms with Crippen molar-refractivity contribution in [1.82, 2.24) is 15.0 Å². The first-order chi connectivity index (χ1) is 27.5. The molecule has 2 heterocycles. The maximum absolute atomic E-state index is 14.2. The Morgan fingerprint density at radius 1 is 0.375 bits per heavy atom. The van der Waals surface area contributed by atoms with Crippen LogP contribution in [0.2, 0.25) is 0 Å². The van der Waals surface area contributed by atoms with Gasteiger partial charge in [-0.15, -0.1) is 0 Å². The van der Waals surface area contributed by atoms with E-state index in [-0.39, 0.29) is 0 Å². The third kappa shape index (κ3) is 5.37. The molecule has 266 valence electrons. The van der Waals surface area contributed by atoms with Crippen molar-refractivity contribution in [3.8, 4) is 45.3 Å². The molecule has 1 aromatic heterocycles. The Balaban J connectivity index is 1.16. The normalized spacial score (nSPS) is 13.8. The Morgan fingerprint density at radius 3 is 1.59 bits per heavy atom. The van der Waals surface area contributed by atoms with Crippen LogP contribution in [0.5, 0.6) is 0 Å². The van der Waals surface area contributed by atoms with Crippen LogP contribution < -0.4 is 0 Å². The lowest BCUT2D eigenvalue weighted by Gasteiger charge is -2.41. The fourth-order valence-corrected chi connectivity index (χ4v) is 10.1. The van der Waals surface area contributed by atoms with Gasteiger partial charge in [-0.05, 0) is 68.4 Å². The van der Waals surface area contributed by atoms with E-state index < -0.39 is 15.3 Å². The van der Waals surface area contributed by atoms with Gasteiger partial charge in [0.25, 0.3) is 0 Å². The highest BCUT2D eigenvalue weighted by molar-refractivity contribution is 7.91. The Bertz CT molecular complexity index is 3000. The van der Waals surface area contributed by atoms with Crippen molar-refractivity contribution in [3.63, 3.8) is 0 Å². The highest BCUT2D eigenvalue weighted by Gasteiger charge is 2.48. The molecule has 0 unspecified atom stereocenters. The topological polar surface area (TPSA) is 72.8 Å². The fourth-order valence-electron chi connectivity index (χ4n) is 8.29. The van der Waals surface area contributed by atoms with E-state index in [2.05, 4.69) is 72.8 Å². The zero-order valence-corrected chi connectivity index (χ0v) is 30.9. The van der Waals surface area contributed by atoms with Crippen LogP contribution in [0, 0.1) is 0 Å². The summed E-state index contributed by atoms with van der Waals surface area (Å²) in [5.41, 5.74) is 7.17. The summed E-state index contributed by atoms with van der Waals surface area (Å²) in [5.74, 6) is 1.77. The highest BCUT2D eigenvalue weighted by Crippen LogP contribution is 2.53. The van der Waals surface area contributed by atoms with Crippen LogP contribution in [0.1, 0.15) is 22.3 Å². The predicted octanol–water partition coefficient (Wildman–Crippen LogP) is 11.2. The molecule has 8 aromatic carbocycles. The molecule has 0 saturated heterocycles. The summed E-state index contributed by atoms with van der Waals surface area (Å²) >= 11 is 0. The zero-order chi connectivity index (χ0) is 37.7. The molecule has 0 bridgehead atoms. The van der Waals surface area contributed by atoms with Gasteiger partial charge in [0, 0.05) is 16.7 Å². The van der Waals surface area contributed by atoms with Gasteiger partial charge in [0.05, 0.1) is 15.2 Å². The summed E-state index contributed by atoms with van der Waals surface area (Å²) in [4.78, 5) is 15.8. The van der Waals surface area contributed by atoms with Crippen LogP contribution in [0.15, 0.2) is 210 Å². The Kier molecular flexibility index (Phi) is 8.01. The maximum Gasteiger partial charge on any atom is 0.207 e. The summed E-state index contributed by atoms with van der Waals surface area (Å²) in [7, 11) is -3.77. The van der Waals surface area contributed by atoms with Gasteiger partial charge in [0.15, 0.2) is 17.5 Å². The van der Waals surface area contributed by atoms with Gasteiger partial charge in [-0.3, -0.25) is 0 Å². The molecule has 0 atom stereocenters. The molecule has 0 saturated carbocycles. The fraction of sp³-hybridized carbons (Fsp3) is 0.0200. The quantitative estimate of drug-likeness (QED) is 0.170. The van der Waals surface area contributed by atoms with Crippen molar-refractivity contribution in [2.45, 2.75) is 15.2 Å². The average Bonchev–Trinajstić information content (AvgIpc) is 3.27. The highest BCUT2D eigenvalue weighted by atomic mass is 32.2. The predicted molar refractivity (Wildman–Crippen MR) is 223 cm³/mol. The second-order valence-electron chi connectivity index (χ2n) is 14.0. The van der Waals surface area contributed by atoms with E-state index in [1.807, 2.05) is 103 Å². The van der Waals surface area contributed by atoms with E-state index in [0.29, 0.717) is 27.3 Å². The van der Waals surface area contributed by atoms with Gasteiger partial charge in [-0.2, -0.15) is 0 Å². The summed E-state index contributed by atoms with van der Waals surface area (Å²) in [6.45, 7) is 0. The number of hydrogen-bond donors (Lipinski definition) is 0. The lowest BCUT2D eigenvalue weighted by Crippen LogP contribution is -2.37. The molecule has 0 fully saturated rings. The molecule has 0 amide bonds. The molecule has 6 heteroatoms. The van der Waals surface area contributed by atoms with E-state index in [0.717, 1.165) is 60.8 Å². The van der Waals surface area contributed by atoms with Crippen LogP contribution in [-0.2, 0) is 15.3 Å². The lowest BCUT2D eigenvalue weighted by molar-refractivity contribution is 0.579. The number of sulfone groups is 1. The molecule has 5 nitrogen and oxygen atoms in total. The molecular formula is C50H33N3O2S. The largest absolute Gasteiger partial charge is 0.218 e. The van der Waals surface area contributed by atoms with Crippen molar-refractivity contribution in [2.24, 2.45) is 0 Å². The zero-order valence-electron chi connectivity index (χ0n) is 30.1. The van der Waals surface area contributed by atoms with Gasteiger partial charge in [-0.1, -0.05) is 176 Å². The molecule has 1 aliphatic rings. The second-order valence-corrected chi connectivity index (χ2v) is 15.9. The van der Waals surface area contributed by atoms with Crippen LogP contribution >= 0.6 is 0 Å². The summed E-state index contributed by atoms with van der Waals surface area (Å²) in [6, 6.07) is 66.3. The van der Waals surface area contributed by atoms with E-state index in [4.69, 9.17) is 15.0 Å². The lowest BCUT2D eigenvalue weighted by atomic mass is 9.64. The minimum Gasteiger partial charge on any atom is -0.218 e. The minimum atomic E-state index is -3.77. The number of fused-ring (bicyclic) bond motifs is 3. The molecule has 9 aromatic rings. The number of hydrogen-bond acceptors (Lipinski definition) is 5. The van der Waals surface area contributed by atoms with Crippen molar-refractivity contribution in [2.75, 3.05) is 0 Å². The van der Waals surface area contributed by atoms with Crippen LogP contribution in [0.3, 0.4) is 0 Å². The number of benzene rings is 8. The molecule has 1 aliphatic heterocycles. The number of nitrogens with zero attached hydrogens (tertiary/aromatic N) is 3. The first-order valence-corrected chi connectivity index (χ1v) is 20.0. The Labute approximate surface area is 325 Å². The van der Waals surface area contributed by atoms with Crippen LogP contribution in [-0.4, -0.2) is 23.4 Å². The smallest absolute Gasteiger partial charge is 0.207 e. The third-order valence-corrected chi connectivity index (χ3v) is 12.7. The summed E-state index contributed by atoms with van der Waals surface area (Å²) < 4.78 is 28.4. The molecule has 0 N–H and O–H groups in total. The van der Waals surface area contributed by atoms with Gasteiger partial charge >= 0.3 is 0 Å². The van der Waals surface area contributed by atoms with Gasteiger partial charge in [0.2, 0.25) is 9.84 Å². The third-order valence-electron chi connectivity index (χ3n) is 10.8. The van der Waals surface area contributed by atoms with Crippen LogP contribution in [0.25, 0.3) is 56.1 Å². The van der Waals surface area contributed by atoms with Crippen molar-refractivity contribution in [1.29, 1.82) is 0 Å². The minimum absolute atomic E-state index is 0.320. The van der Waals surface area contributed by atoms with E-state index in [1.165, 1.54) is 0 Å². The maximum atomic E-state index is 14.2. The summed E-state index contributed by atoms with van der Waals surface area (Å²) in [5, 5.41) is 2.19. The molecule has 56 heavy (non-hydrogen) atoms. The first kappa shape index (κ1) is 33.5. The van der Waals surface area contributed by atoms with E-state index in [9.17, 15) is 8.42 Å². The summed E-state index contributed by atoms with van der Waals surface area (Å²) in [6.07, 6.45) is 0. The van der Waals surface area contributed by atoms with Crippen molar-refractivity contribution < 1.29 is 8.42 Å². The van der Waals surface area contributed by atoms with E-state index in [1.54, 1.807) is 24.3 Å².